The Balaban J connectivity index is 0.000000259. The third-order valence-corrected chi connectivity index (χ3v) is 9.04. The molecule has 1 aliphatic rings. The van der Waals surface area contributed by atoms with Gasteiger partial charge < -0.3 is 25.0 Å². The fourth-order valence-electron chi connectivity index (χ4n) is 6.62. The van der Waals surface area contributed by atoms with E-state index in [2.05, 4.69) is 48.4 Å². The van der Waals surface area contributed by atoms with Crippen LogP contribution < -0.4 is 25.0 Å². The zero-order valence-electron chi connectivity index (χ0n) is 36.9. The molecule has 0 bridgehead atoms. The van der Waals surface area contributed by atoms with Crippen molar-refractivity contribution in [2.75, 3.05) is 34.0 Å². The van der Waals surface area contributed by atoms with Crippen molar-refractivity contribution in [1.82, 2.24) is 24.9 Å². The number of nitrogens with one attached hydrogen (secondary N) is 1. The Morgan fingerprint density at radius 2 is 1.36 bits per heavy atom. The maximum Gasteiger partial charge on any atom is 4.00 e. The molecule has 0 radical (unpaired) electrons. The van der Waals surface area contributed by atoms with Crippen molar-refractivity contribution in [3.63, 3.8) is 0 Å². The number of anilines is 5. The van der Waals surface area contributed by atoms with Crippen molar-refractivity contribution < 1.29 is 55.6 Å². The van der Waals surface area contributed by atoms with Crippen LogP contribution in [0.3, 0.4) is 0 Å². The van der Waals surface area contributed by atoms with E-state index < -0.39 is 37.4 Å². The van der Waals surface area contributed by atoms with E-state index in [4.69, 9.17) is 8.22 Å². The minimum atomic E-state index is -4.56. The summed E-state index contributed by atoms with van der Waals surface area (Å²) in [5.41, 5.74) is 5.03. The van der Waals surface area contributed by atoms with Crippen LogP contribution in [-0.4, -0.2) is 33.9 Å². The van der Waals surface area contributed by atoms with Crippen LogP contribution in [0.5, 0.6) is 0 Å². The Labute approximate surface area is 353 Å². The van der Waals surface area contributed by atoms with E-state index in [1.807, 2.05) is 32.9 Å². The van der Waals surface area contributed by atoms with Crippen LogP contribution in [0.2, 0.25) is 0 Å². The maximum absolute atomic E-state index is 12.7. The fourth-order valence-corrected chi connectivity index (χ4v) is 6.62. The first-order valence-electron chi connectivity index (χ1n) is 20.1. The number of fused-ring (bicyclic) bond motifs is 4. The summed E-state index contributed by atoms with van der Waals surface area (Å²) in [6.45, 7) is 5.45. The number of rotatable bonds is 6. The van der Waals surface area contributed by atoms with Gasteiger partial charge in [-0.25, -0.2) is 15.0 Å². The number of nitrogens with zero attached hydrogens (tertiary/aromatic N) is 8. The van der Waals surface area contributed by atoms with Crippen LogP contribution in [0, 0.1) is 47.1 Å². The van der Waals surface area contributed by atoms with Gasteiger partial charge >= 0.3 is 33.4 Å². The summed E-state index contributed by atoms with van der Waals surface area (Å²) >= 11 is 0. The Morgan fingerprint density at radius 3 is 1.93 bits per heavy atom. The second-order valence-electron chi connectivity index (χ2n) is 13.2. The molecule has 1 N–H and O–H groups in total. The minimum absolute atomic E-state index is 0. The van der Waals surface area contributed by atoms with Crippen LogP contribution >= 0.6 is 0 Å². The maximum atomic E-state index is 12.7. The van der Waals surface area contributed by atoms with E-state index in [0.717, 1.165) is 74.0 Å². The summed E-state index contributed by atoms with van der Waals surface area (Å²) in [5.74, 6) is 0.692. The number of aryl methyl sites for hydroxylation is 4. The monoisotopic (exact) mass is 980 g/mol. The molecule has 0 amide bonds. The van der Waals surface area contributed by atoms with Gasteiger partial charge in [0.1, 0.15) is 17.5 Å². The molecule has 3 aromatic heterocycles. The van der Waals surface area contributed by atoms with Gasteiger partial charge in [0.2, 0.25) is 0 Å². The zero-order chi connectivity index (χ0) is 45.8. The molecule has 1 aliphatic heterocycles. The summed E-state index contributed by atoms with van der Waals surface area (Å²) in [7, 11) is 0. The van der Waals surface area contributed by atoms with Crippen LogP contribution in [0.15, 0.2) is 85.5 Å². The first kappa shape index (κ1) is 34.4. The molecule has 4 heterocycles. The Hall–Kier alpha value is -5.69. The number of hydrogen-bond acceptors (Lipinski definition) is 8. The molecule has 9 nitrogen and oxygen atoms in total. The average Bonchev–Trinajstić information content (AvgIpc) is 3.76. The summed E-state index contributed by atoms with van der Waals surface area (Å²) in [6, 6.07) is 16.9. The molecule has 300 valence electrons. The molecule has 0 unspecified atom stereocenters. The SMILES string of the molecule is FC(F)(F)c1ccc2[n-]c3ccc(C(F)(F)F)cc3c2c1.[2H]C([2H])([2H])N([CH-]Nc1[c-]c(N2[CH-]N(C([2H])([2H])[2H])c3nccnc32)cc(-c2c(C)cc(C)cc2C)c1)c1nccnc1C.[Pt+4]. The molecule has 0 aliphatic carbocycles. The van der Waals surface area contributed by atoms with E-state index in [-0.39, 0.29) is 54.5 Å². The molecule has 0 saturated carbocycles. The van der Waals surface area contributed by atoms with Gasteiger partial charge in [-0.15, -0.1) is 52.8 Å². The zero-order valence-corrected chi connectivity index (χ0v) is 33.2. The Morgan fingerprint density at radius 1 is 0.776 bits per heavy atom. The summed E-state index contributed by atoms with van der Waals surface area (Å²) in [5, 5.41) is 3.21. The summed E-state index contributed by atoms with van der Waals surface area (Å²) < 4.78 is 125. The van der Waals surface area contributed by atoms with E-state index >= 15 is 0 Å². The van der Waals surface area contributed by atoms with Crippen LogP contribution in [0.1, 0.15) is 41.7 Å². The van der Waals surface area contributed by atoms with Gasteiger partial charge in [0.05, 0.1) is 16.8 Å². The van der Waals surface area contributed by atoms with Gasteiger partial charge in [0, 0.05) is 33.0 Å². The normalized spacial score (nSPS) is 14.6. The molecule has 0 spiro atoms. The van der Waals surface area contributed by atoms with E-state index in [1.54, 1.807) is 11.8 Å². The van der Waals surface area contributed by atoms with Crippen molar-refractivity contribution in [3.05, 3.63) is 138 Å². The molecular weight excluding hydrogens is 940 g/mol. The van der Waals surface area contributed by atoms with Crippen LogP contribution in [0.4, 0.5) is 55.2 Å². The Kier molecular flexibility index (Phi) is 9.64. The van der Waals surface area contributed by atoms with Crippen molar-refractivity contribution >= 4 is 50.6 Å². The predicted octanol–water partition coefficient (Wildman–Crippen LogP) is 10.3. The number of hydrogen-bond donors (Lipinski definition) is 1. The fraction of sp³-hybridized carbons (Fsp3) is 0.190. The van der Waals surface area contributed by atoms with Gasteiger partial charge in [-0.1, -0.05) is 42.0 Å². The molecule has 0 fully saturated rings. The van der Waals surface area contributed by atoms with Crippen molar-refractivity contribution in [2.45, 2.75) is 40.0 Å². The second-order valence-corrected chi connectivity index (χ2v) is 13.2. The smallest absolute Gasteiger partial charge is 0.657 e. The predicted molar refractivity (Wildman–Crippen MR) is 210 cm³/mol. The van der Waals surface area contributed by atoms with Gasteiger partial charge in [0.15, 0.2) is 0 Å². The molecule has 0 atom stereocenters. The number of aromatic nitrogens is 5. The topological polar surface area (TPSA) is 87.4 Å². The molecule has 7 aromatic rings. The van der Waals surface area contributed by atoms with E-state index in [1.165, 1.54) is 38.1 Å². The first-order valence-corrected chi connectivity index (χ1v) is 17.1. The molecule has 58 heavy (non-hydrogen) atoms. The number of benzene rings is 4. The van der Waals surface area contributed by atoms with Crippen LogP contribution in [-0.2, 0) is 33.4 Å². The van der Waals surface area contributed by atoms with Gasteiger partial charge in [-0.3, -0.25) is 4.98 Å². The molecule has 16 heteroatoms. The van der Waals surface area contributed by atoms with E-state index in [9.17, 15) is 26.3 Å². The van der Waals surface area contributed by atoms with E-state index in [0.29, 0.717) is 22.9 Å². The van der Waals surface area contributed by atoms with Gasteiger partial charge in [0.25, 0.3) is 0 Å². The second kappa shape index (κ2) is 16.3. The summed E-state index contributed by atoms with van der Waals surface area (Å²) in [6.07, 6.45) is -3.26. The van der Waals surface area contributed by atoms with Gasteiger partial charge in [-0.2, -0.15) is 33.0 Å². The van der Waals surface area contributed by atoms with Gasteiger partial charge in [-0.05, 0) is 81.2 Å². The van der Waals surface area contributed by atoms with Crippen molar-refractivity contribution in [2.24, 2.45) is 0 Å². The quantitative estimate of drug-likeness (QED) is 0.129. The third kappa shape index (κ3) is 8.59. The Bertz CT molecular complexity index is 2740. The third-order valence-electron chi connectivity index (χ3n) is 9.04. The number of halogens is 6. The molecule has 4 aromatic carbocycles. The standard InChI is InChI=1S/C28H29N8.C14H6F6N.Pt/c1-18-11-19(2)25(20(3)12-18)22-13-23(33-16-34(5)26-21(4)29-7-8-30-26)15-24(14-22)36-17-35(6)27-28(36)32-10-9-31-27;15-13(16,17)7-1-3-11-9(5-7)10-6-8(14(18,19)20)2-4-12(10)21-11;/h7-14,16-17,33H,1-6H3;1-6H;/q-3;-1;+4/i5D3,6D3;;. The van der Waals surface area contributed by atoms with Crippen molar-refractivity contribution in [1.29, 1.82) is 0 Å². The molecule has 0 saturated heterocycles. The number of alkyl halides is 6. The van der Waals surface area contributed by atoms with Crippen LogP contribution in [0.25, 0.3) is 32.9 Å². The largest absolute Gasteiger partial charge is 4.00 e. The van der Waals surface area contributed by atoms with Crippen molar-refractivity contribution in [3.8, 4) is 11.1 Å². The molecule has 8 rings (SSSR count). The summed E-state index contributed by atoms with van der Waals surface area (Å²) in [4.78, 5) is 24.8. The minimum Gasteiger partial charge on any atom is -0.657 e. The average molecular weight is 981 g/mol. The first-order chi connectivity index (χ1) is 29.4. The molecular formula is C42H35F6N9Pt.